The Kier molecular flexibility index (Phi) is 5.12. The number of rotatable bonds is 6. The van der Waals surface area contributed by atoms with Gasteiger partial charge in [0.05, 0.1) is 17.3 Å². The normalized spacial score (nSPS) is 10.6. The highest BCUT2D eigenvalue weighted by molar-refractivity contribution is 5.93. The smallest absolute Gasteiger partial charge is 0.273 e. The molecule has 132 valence electrons. The van der Waals surface area contributed by atoms with Gasteiger partial charge in [0.25, 0.3) is 11.1 Å². The van der Waals surface area contributed by atoms with Gasteiger partial charge in [-0.1, -0.05) is 36.4 Å². The third-order valence-electron chi connectivity index (χ3n) is 4.11. The molecule has 0 radical (unpaired) electrons. The third kappa shape index (κ3) is 3.49. The van der Waals surface area contributed by atoms with Crippen molar-refractivity contribution in [1.82, 2.24) is 9.78 Å². The Bertz CT molecular complexity index is 1050. The highest BCUT2D eigenvalue weighted by Gasteiger charge is 2.15. The van der Waals surface area contributed by atoms with Crippen molar-refractivity contribution in [2.45, 2.75) is 13.0 Å². The fourth-order valence-corrected chi connectivity index (χ4v) is 2.83. The van der Waals surface area contributed by atoms with E-state index in [1.807, 2.05) is 30.3 Å². The van der Waals surface area contributed by atoms with E-state index in [9.17, 15) is 14.4 Å². The van der Waals surface area contributed by atoms with Crippen LogP contribution in [0.1, 0.15) is 6.42 Å². The summed E-state index contributed by atoms with van der Waals surface area (Å²) >= 11 is 0. The first-order chi connectivity index (χ1) is 12.6. The first kappa shape index (κ1) is 17.4. The molecule has 0 unspecified atom stereocenters. The van der Waals surface area contributed by atoms with Crippen molar-refractivity contribution in [2.24, 2.45) is 0 Å². The lowest BCUT2D eigenvalue weighted by Crippen LogP contribution is -2.35. The number of aromatic amines is 1. The minimum absolute atomic E-state index is 0.0803. The number of H-pyrrole nitrogens is 1. The number of anilines is 1. The summed E-state index contributed by atoms with van der Waals surface area (Å²) in [5.74, 6) is -0.156. The van der Waals surface area contributed by atoms with Crippen molar-refractivity contribution < 1.29 is 4.79 Å². The van der Waals surface area contributed by atoms with Crippen molar-refractivity contribution in [2.75, 3.05) is 11.4 Å². The fraction of sp³-hybridized carbons (Fsp3) is 0.150. The summed E-state index contributed by atoms with van der Waals surface area (Å²) in [7, 11) is 0. The lowest BCUT2D eigenvalue weighted by Gasteiger charge is -2.21. The Morgan fingerprint density at radius 2 is 1.69 bits per heavy atom. The van der Waals surface area contributed by atoms with Gasteiger partial charge in [-0.05, 0) is 24.3 Å². The summed E-state index contributed by atoms with van der Waals surface area (Å²) in [6.45, 7) is 4.15. The van der Waals surface area contributed by atoms with E-state index in [1.54, 1.807) is 35.2 Å². The lowest BCUT2D eigenvalue weighted by molar-refractivity contribution is -0.118. The van der Waals surface area contributed by atoms with E-state index in [1.165, 1.54) is 4.68 Å². The number of amides is 1. The zero-order valence-electron chi connectivity index (χ0n) is 14.2. The molecule has 1 N–H and O–H groups in total. The first-order valence-electron chi connectivity index (χ1n) is 8.30. The Labute approximate surface area is 150 Å². The van der Waals surface area contributed by atoms with Gasteiger partial charge in [-0.15, -0.1) is 6.58 Å². The van der Waals surface area contributed by atoms with Gasteiger partial charge in [-0.2, -0.15) is 0 Å². The highest BCUT2D eigenvalue weighted by atomic mass is 16.2. The van der Waals surface area contributed by atoms with Crippen LogP contribution in [0.15, 0.2) is 76.8 Å². The third-order valence-corrected chi connectivity index (χ3v) is 4.11. The summed E-state index contributed by atoms with van der Waals surface area (Å²) in [6.07, 6.45) is 1.73. The van der Waals surface area contributed by atoms with Gasteiger partial charge in [0.2, 0.25) is 5.91 Å². The number of para-hydroxylation sites is 1. The van der Waals surface area contributed by atoms with Crippen LogP contribution >= 0.6 is 0 Å². The molecule has 0 aliphatic rings. The van der Waals surface area contributed by atoms with Crippen LogP contribution < -0.4 is 16.0 Å². The molecule has 1 aromatic heterocycles. The van der Waals surface area contributed by atoms with Crippen molar-refractivity contribution in [3.63, 3.8) is 0 Å². The zero-order valence-corrected chi connectivity index (χ0v) is 14.2. The number of hydrogen-bond donors (Lipinski definition) is 1. The molecule has 0 fully saturated rings. The Balaban J connectivity index is 1.84. The standard InChI is InChI=1S/C20H19N3O3/c1-2-13-22(15-8-4-3-5-9-15)18(24)12-14-23-20(26)17-11-7-6-10-16(17)19(25)21-23/h2-11H,1,12-14H2,(H,21,25). The van der Waals surface area contributed by atoms with Crippen molar-refractivity contribution in [3.8, 4) is 0 Å². The highest BCUT2D eigenvalue weighted by Crippen LogP contribution is 2.14. The van der Waals surface area contributed by atoms with Crippen LogP contribution in [-0.2, 0) is 11.3 Å². The van der Waals surface area contributed by atoms with Gasteiger partial charge in [0.15, 0.2) is 0 Å². The maximum absolute atomic E-state index is 12.6. The first-order valence-corrected chi connectivity index (χ1v) is 8.30. The summed E-state index contributed by atoms with van der Waals surface area (Å²) < 4.78 is 1.19. The number of benzene rings is 2. The van der Waals surface area contributed by atoms with Crippen molar-refractivity contribution in [3.05, 3.63) is 88.0 Å². The lowest BCUT2D eigenvalue weighted by atomic mass is 10.2. The van der Waals surface area contributed by atoms with E-state index < -0.39 is 0 Å². The van der Waals surface area contributed by atoms with Crippen molar-refractivity contribution in [1.29, 1.82) is 0 Å². The molecule has 0 atom stereocenters. The molecule has 6 heteroatoms. The molecule has 6 nitrogen and oxygen atoms in total. The van der Waals surface area contributed by atoms with E-state index in [4.69, 9.17) is 0 Å². The molecular weight excluding hydrogens is 330 g/mol. The van der Waals surface area contributed by atoms with Gasteiger partial charge in [0.1, 0.15) is 0 Å². The summed E-state index contributed by atoms with van der Waals surface area (Å²) in [6, 6.07) is 15.9. The second-order valence-corrected chi connectivity index (χ2v) is 5.82. The van der Waals surface area contributed by atoms with Crippen LogP contribution in [0.3, 0.4) is 0 Å². The van der Waals surface area contributed by atoms with Crippen LogP contribution in [0, 0.1) is 0 Å². The van der Waals surface area contributed by atoms with Gasteiger partial charge >= 0.3 is 0 Å². The van der Waals surface area contributed by atoms with E-state index >= 15 is 0 Å². The number of carbonyl (C=O) groups excluding carboxylic acids is 1. The number of aryl methyl sites for hydroxylation is 1. The molecule has 0 bridgehead atoms. The molecule has 0 saturated heterocycles. The quantitative estimate of drug-likeness (QED) is 0.694. The second kappa shape index (κ2) is 7.65. The number of nitrogens with zero attached hydrogens (tertiary/aromatic N) is 2. The van der Waals surface area contributed by atoms with Gasteiger partial charge < -0.3 is 4.90 Å². The van der Waals surface area contributed by atoms with Crippen LogP contribution in [0.25, 0.3) is 10.8 Å². The molecule has 26 heavy (non-hydrogen) atoms. The minimum atomic E-state index is -0.348. The van der Waals surface area contributed by atoms with E-state index in [-0.39, 0.29) is 30.0 Å². The minimum Gasteiger partial charge on any atom is -0.309 e. The van der Waals surface area contributed by atoms with Crippen LogP contribution in [0.4, 0.5) is 5.69 Å². The van der Waals surface area contributed by atoms with Gasteiger partial charge in [-0.25, -0.2) is 4.68 Å². The van der Waals surface area contributed by atoms with Crippen LogP contribution in [-0.4, -0.2) is 22.2 Å². The Morgan fingerprint density at radius 1 is 1.04 bits per heavy atom. The Hall–Kier alpha value is -3.41. The Morgan fingerprint density at radius 3 is 2.38 bits per heavy atom. The monoisotopic (exact) mass is 349 g/mol. The molecule has 1 amide bonds. The largest absolute Gasteiger partial charge is 0.309 e. The second-order valence-electron chi connectivity index (χ2n) is 5.82. The number of hydrogen-bond acceptors (Lipinski definition) is 3. The number of fused-ring (bicyclic) bond motifs is 1. The topological polar surface area (TPSA) is 75.2 Å². The molecule has 1 heterocycles. The van der Waals surface area contributed by atoms with Gasteiger partial charge in [0, 0.05) is 18.7 Å². The van der Waals surface area contributed by atoms with Crippen molar-refractivity contribution >= 4 is 22.4 Å². The molecule has 0 spiro atoms. The predicted molar refractivity (Wildman–Crippen MR) is 102 cm³/mol. The van der Waals surface area contributed by atoms with Crippen LogP contribution in [0.2, 0.25) is 0 Å². The number of carbonyl (C=O) groups is 1. The molecule has 3 aromatic rings. The van der Waals surface area contributed by atoms with E-state index in [0.717, 1.165) is 5.69 Å². The predicted octanol–water partition coefficient (Wildman–Crippen LogP) is 2.30. The maximum Gasteiger partial charge on any atom is 0.273 e. The molecule has 2 aromatic carbocycles. The van der Waals surface area contributed by atoms with Crippen LogP contribution in [0.5, 0.6) is 0 Å². The molecule has 0 saturated carbocycles. The summed E-state index contributed by atoms with van der Waals surface area (Å²) in [5.41, 5.74) is 0.0957. The zero-order chi connectivity index (χ0) is 18.5. The molecule has 3 rings (SSSR count). The SMILES string of the molecule is C=CCN(C(=O)CCn1[nH]c(=O)c2ccccc2c1=O)c1ccccc1. The number of aromatic nitrogens is 2. The summed E-state index contributed by atoms with van der Waals surface area (Å²) in [4.78, 5) is 38.9. The molecular formula is C20H19N3O3. The molecule has 0 aliphatic carbocycles. The summed E-state index contributed by atoms with van der Waals surface area (Å²) in [5, 5.41) is 3.23. The van der Waals surface area contributed by atoms with E-state index in [0.29, 0.717) is 17.3 Å². The maximum atomic E-state index is 12.6. The fourth-order valence-electron chi connectivity index (χ4n) is 2.83. The number of nitrogens with one attached hydrogen (secondary N) is 1. The average molecular weight is 349 g/mol. The van der Waals surface area contributed by atoms with E-state index in [2.05, 4.69) is 11.7 Å². The average Bonchev–Trinajstić information content (AvgIpc) is 2.68. The van der Waals surface area contributed by atoms with Gasteiger partial charge in [-0.3, -0.25) is 19.5 Å². The molecule has 0 aliphatic heterocycles.